The van der Waals surface area contributed by atoms with Crippen molar-refractivity contribution >= 4 is 29.9 Å². The van der Waals surface area contributed by atoms with Crippen LogP contribution in [0, 0.1) is 0 Å². The van der Waals surface area contributed by atoms with E-state index in [0.29, 0.717) is 12.5 Å². The lowest BCUT2D eigenvalue weighted by Gasteiger charge is -2.43. The van der Waals surface area contributed by atoms with Gasteiger partial charge in [-0.2, -0.15) is 13.2 Å². The second-order valence-electron chi connectivity index (χ2n) is 5.39. The van der Waals surface area contributed by atoms with Crippen LogP contribution in [0.25, 0.3) is 0 Å². The van der Waals surface area contributed by atoms with Gasteiger partial charge in [0.15, 0.2) is 5.96 Å². The molecule has 1 saturated carbocycles. The van der Waals surface area contributed by atoms with E-state index in [0.717, 1.165) is 30.9 Å². The molecule has 3 nitrogen and oxygen atoms in total. The highest BCUT2D eigenvalue weighted by Crippen LogP contribution is 2.44. The Morgan fingerprint density at radius 3 is 2.45 bits per heavy atom. The second kappa shape index (κ2) is 7.52. The summed E-state index contributed by atoms with van der Waals surface area (Å²) in [6.45, 7) is 0.585. The molecule has 0 aliphatic heterocycles. The van der Waals surface area contributed by atoms with Gasteiger partial charge in [-0.1, -0.05) is 24.6 Å². The highest BCUT2D eigenvalue weighted by Gasteiger charge is 2.40. The number of rotatable bonds is 3. The van der Waals surface area contributed by atoms with Gasteiger partial charge < -0.3 is 10.6 Å². The summed E-state index contributed by atoms with van der Waals surface area (Å²) in [5, 5.41) is 6.09. The largest absolute Gasteiger partial charge is 0.416 e. The molecule has 1 aromatic carbocycles. The third-order valence-electron chi connectivity index (χ3n) is 4.17. The lowest BCUT2D eigenvalue weighted by atomic mass is 9.64. The van der Waals surface area contributed by atoms with E-state index in [-0.39, 0.29) is 29.4 Å². The second-order valence-corrected chi connectivity index (χ2v) is 5.39. The molecule has 1 aliphatic carbocycles. The fraction of sp³-hybridized carbons (Fsp3) is 0.533. The van der Waals surface area contributed by atoms with E-state index in [9.17, 15) is 13.2 Å². The number of nitrogens with zero attached hydrogens (tertiary/aromatic N) is 1. The van der Waals surface area contributed by atoms with Crippen molar-refractivity contribution in [3.8, 4) is 0 Å². The van der Waals surface area contributed by atoms with Crippen LogP contribution in [-0.2, 0) is 11.6 Å². The molecular formula is C15H21F3IN3. The molecule has 0 radical (unpaired) electrons. The van der Waals surface area contributed by atoms with Crippen LogP contribution in [0.2, 0.25) is 0 Å². The monoisotopic (exact) mass is 427 g/mol. The maximum Gasteiger partial charge on any atom is 0.416 e. The van der Waals surface area contributed by atoms with E-state index in [2.05, 4.69) is 15.6 Å². The van der Waals surface area contributed by atoms with Crippen molar-refractivity contribution in [3.63, 3.8) is 0 Å². The zero-order valence-electron chi connectivity index (χ0n) is 12.6. The van der Waals surface area contributed by atoms with Gasteiger partial charge in [-0.3, -0.25) is 4.99 Å². The van der Waals surface area contributed by atoms with Crippen molar-refractivity contribution < 1.29 is 13.2 Å². The zero-order valence-corrected chi connectivity index (χ0v) is 15.0. The molecule has 2 N–H and O–H groups in total. The highest BCUT2D eigenvalue weighted by atomic mass is 127. The Hall–Kier alpha value is -0.990. The van der Waals surface area contributed by atoms with Crippen LogP contribution in [0.3, 0.4) is 0 Å². The number of benzene rings is 1. The Balaban J connectivity index is 0.00000242. The predicted octanol–water partition coefficient (Wildman–Crippen LogP) is 3.54. The van der Waals surface area contributed by atoms with Crippen LogP contribution < -0.4 is 10.6 Å². The van der Waals surface area contributed by atoms with Crippen LogP contribution in [0.5, 0.6) is 0 Å². The van der Waals surface area contributed by atoms with Crippen molar-refractivity contribution in [1.29, 1.82) is 0 Å². The summed E-state index contributed by atoms with van der Waals surface area (Å²) < 4.78 is 38.6. The molecule has 7 heteroatoms. The van der Waals surface area contributed by atoms with Gasteiger partial charge in [0.2, 0.25) is 0 Å². The van der Waals surface area contributed by atoms with Crippen LogP contribution in [0.1, 0.15) is 30.4 Å². The van der Waals surface area contributed by atoms with Gasteiger partial charge in [0.25, 0.3) is 0 Å². The van der Waals surface area contributed by atoms with Gasteiger partial charge in [-0.05, 0) is 24.5 Å². The fourth-order valence-corrected chi connectivity index (χ4v) is 2.73. The molecule has 1 aromatic rings. The number of aliphatic imine (C=N–C) groups is 1. The molecule has 0 spiro atoms. The standard InChI is InChI=1S/C15H20F3N3.HI/c1-19-13(20-2)21-10-14(7-4-8-14)11-5-3-6-12(9-11)15(16,17)18;/h3,5-6,9H,4,7-8,10H2,1-2H3,(H2,19,20,21);1H. The molecule has 0 heterocycles. The van der Waals surface area contributed by atoms with Crippen molar-refractivity contribution in [3.05, 3.63) is 35.4 Å². The average Bonchev–Trinajstić information content (AvgIpc) is 2.41. The van der Waals surface area contributed by atoms with Crippen molar-refractivity contribution in [2.45, 2.75) is 30.9 Å². The van der Waals surface area contributed by atoms with Gasteiger partial charge in [0.05, 0.1) is 5.56 Å². The van der Waals surface area contributed by atoms with Crippen LogP contribution >= 0.6 is 24.0 Å². The average molecular weight is 427 g/mol. The molecule has 1 fully saturated rings. The number of hydrogen-bond acceptors (Lipinski definition) is 1. The topological polar surface area (TPSA) is 36.4 Å². The number of nitrogens with one attached hydrogen (secondary N) is 2. The molecule has 0 atom stereocenters. The van der Waals surface area contributed by atoms with Crippen LogP contribution in [0.4, 0.5) is 13.2 Å². The Morgan fingerprint density at radius 1 is 1.32 bits per heavy atom. The fourth-order valence-electron chi connectivity index (χ4n) is 2.73. The molecule has 124 valence electrons. The molecule has 22 heavy (non-hydrogen) atoms. The minimum Gasteiger partial charge on any atom is -0.359 e. The van der Waals surface area contributed by atoms with Gasteiger partial charge >= 0.3 is 6.18 Å². The Kier molecular flexibility index (Phi) is 6.51. The third-order valence-corrected chi connectivity index (χ3v) is 4.17. The first-order valence-electron chi connectivity index (χ1n) is 6.97. The first-order chi connectivity index (χ1) is 9.91. The molecule has 0 saturated heterocycles. The predicted molar refractivity (Wildman–Crippen MR) is 92.8 cm³/mol. The summed E-state index contributed by atoms with van der Waals surface area (Å²) in [5.41, 5.74) is -0.0551. The number of guanidine groups is 1. The maximum atomic E-state index is 12.9. The first kappa shape index (κ1) is 19.1. The molecule has 1 aliphatic rings. The summed E-state index contributed by atoms with van der Waals surface area (Å²) >= 11 is 0. The van der Waals surface area contributed by atoms with Gasteiger partial charge in [0.1, 0.15) is 0 Å². The zero-order chi connectivity index (χ0) is 15.5. The van der Waals surface area contributed by atoms with E-state index in [1.165, 1.54) is 12.1 Å². The molecule has 0 unspecified atom stereocenters. The highest BCUT2D eigenvalue weighted by molar-refractivity contribution is 14.0. The molecule has 0 aromatic heterocycles. The van der Waals surface area contributed by atoms with Gasteiger partial charge in [-0.15, -0.1) is 24.0 Å². The lowest BCUT2D eigenvalue weighted by molar-refractivity contribution is -0.137. The minimum absolute atomic E-state index is 0. The molecule has 2 rings (SSSR count). The van der Waals surface area contributed by atoms with E-state index in [4.69, 9.17) is 0 Å². The van der Waals surface area contributed by atoms with Crippen LogP contribution in [0.15, 0.2) is 29.3 Å². The summed E-state index contributed by atoms with van der Waals surface area (Å²) in [6.07, 6.45) is -1.48. The van der Waals surface area contributed by atoms with Gasteiger partial charge in [0, 0.05) is 26.1 Å². The third kappa shape index (κ3) is 4.05. The smallest absolute Gasteiger partial charge is 0.359 e. The Morgan fingerprint density at radius 2 is 2.00 bits per heavy atom. The minimum atomic E-state index is -4.30. The summed E-state index contributed by atoms with van der Waals surface area (Å²) in [4.78, 5) is 4.03. The Bertz CT molecular complexity index is 525. The molecular weight excluding hydrogens is 406 g/mol. The number of hydrogen-bond donors (Lipinski definition) is 2. The van der Waals surface area contributed by atoms with Gasteiger partial charge in [-0.25, -0.2) is 0 Å². The van der Waals surface area contributed by atoms with Crippen molar-refractivity contribution in [2.24, 2.45) is 4.99 Å². The van der Waals surface area contributed by atoms with Crippen molar-refractivity contribution in [2.75, 3.05) is 20.6 Å². The number of halogens is 4. The molecule has 0 bridgehead atoms. The Labute approximate surface area is 145 Å². The maximum absolute atomic E-state index is 12.9. The molecule has 0 amide bonds. The van der Waals surface area contributed by atoms with Crippen molar-refractivity contribution in [1.82, 2.24) is 10.6 Å². The summed E-state index contributed by atoms with van der Waals surface area (Å²) in [6, 6.07) is 5.68. The number of alkyl halides is 3. The van der Waals surface area contributed by atoms with E-state index in [1.54, 1.807) is 20.2 Å². The van der Waals surface area contributed by atoms with E-state index < -0.39 is 11.7 Å². The summed E-state index contributed by atoms with van der Waals surface area (Å²) in [7, 11) is 3.42. The normalized spacial score (nSPS) is 17.2. The SMILES string of the molecule is CN=C(NC)NCC1(c2cccc(C(F)(F)F)c2)CCC1.I. The first-order valence-corrected chi connectivity index (χ1v) is 6.97. The summed E-state index contributed by atoms with van der Waals surface area (Å²) in [5.74, 6) is 0.647. The van der Waals surface area contributed by atoms with Crippen LogP contribution in [-0.4, -0.2) is 26.6 Å². The van der Waals surface area contributed by atoms with E-state index >= 15 is 0 Å². The quantitative estimate of drug-likeness (QED) is 0.440. The lowest BCUT2D eigenvalue weighted by Crippen LogP contribution is -2.48. The van der Waals surface area contributed by atoms with E-state index in [1.807, 2.05) is 0 Å².